The van der Waals surface area contributed by atoms with E-state index in [0.717, 1.165) is 5.56 Å². The van der Waals surface area contributed by atoms with Crippen molar-refractivity contribution < 1.29 is 5.11 Å². The van der Waals surface area contributed by atoms with Crippen LogP contribution in [0.3, 0.4) is 0 Å². The van der Waals surface area contributed by atoms with E-state index in [4.69, 9.17) is 10.8 Å². The van der Waals surface area contributed by atoms with Gasteiger partial charge in [-0.05, 0) is 46.7 Å². The molecular formula is C9H12INO. The normalized spacial score (nSPS) is 12.9. The second-order valence-electron chi connectivity index (χ2n) is 2.67. The van der Waals surface area contributed by atoms with Gasteiger partial charge in [0.25, 0.3) is 0 Å². The van der Waals surface area contributed by atoms with Crippen molar-refractivity contribution in [1.29, 1.82) is 0 Å². The molecule has 0 aliphatic carbocycles. The second kappa shape index (κ2) is 4.79. The van der Waals surface area contributed by atoms with Crippen LogP contribution in [0.4, 0.5) is 0 Å². The van der Waals surface area contributed by atoms with E-state index < -0.39 is 0 Å². The van der Waals surface area contributed by atoms with Gasteiger partial charge in [0, 0.05) is 16.2 Å². The number of benzene rings is 1. The van der Waals surface area contributed by atoms with Crippen molar-refractivity contribution in [2.45, 2.75) is 12.5 Å². The third-order valence-corrected chi connectivity index (χ3v) is 2.46. The van der Waals surface area contributed by atoms with Gasteiger partial charge < -0.3 is 10.8 Å². The summed E-state index contributed by atoms with van der Waals surface area (Å²) in [6.07, 6.45) is 0.626. The summed E-state index contributed by atoms with van der Waals surface area (Å²) in [7, 11) is 0. The smallest absolute Gasteiger partial charge is 0.0449 e. The Hall–Kier alpha value is -0.130. The zero-order chi connectivity index (χ0) is 8.97. The Balaban J connectivity index is 2.68. The van der Waals surface area contributed by atoms with Crippen LogP contribution in [-0.4, -0.2) is 11.7 Å². The van der Waals surface area contributed by atoms with Crippen molar-refractivity contribution in [2.75, 3.05) is 6.61 Å². The summed E-state index contributed by atoms with van der Waals surface area (Å²) < 4.78 is 1.20. The molecule has 0 aliphatic rings. The Labute approximate surface area is 85.9 Å². The van der Waals surface area contributed by atoms with Gasteiger partial charge in [-0.1, -0.05) is 12.1 Å². The molecule has 0 aromatic heterocycles. The van der Waals surface area contributed by atoms with Crippen molar-refractivity contribution in [3.8, 4) is 0 Å². The summed E-state index contributed by atoms with van der Waals surface area (Å²) in [6.45, 7) is 0.146. The Bertz CT molecular complexity index is 235. The number of nitrogens with two attached hydrogens (primary N) is 1. The highest BCUT2D eigenvalue weighted by Crippen LogP contribution is 2.14. The molecule has 1 aromatic rings. The molecule has 1 atom stereocenters. The van der Waals surface area contributed by atoms with Crippen LogP contribution >= 0.6 is 22.6 Å². The van der Waals surface area contributed by atoms with E-state index in [1.54, 1.807) is 0 Å². The molecule has 1 aromatic carbocycles. The first kappa shape index (κ1) is 9.95. The summed E-state index contributed by atoms with van der Waals surface area (Å²) >= 11 is 2.25. The maximum Gasteiger partial charge on any atom is 0.0449 e. The fourth-order valence-electron chi connectivity index (χ4n) is 1.02. The van der Waals surface area contributed by atoms with Crippen LogP contribution in [0.25, 0.3) is 0 Å². The lowest BCUT2D eigenvalue weighted by Crippen LogP contribution is -2.11. The van der Waals surface area contributed by atoms with E-state index in [1.807, 2.05) is 24.3 Å². The molecule has 0 fully saturated rings. The molecule has 0 bridgehead atoms. The van der Waals surface area contributed by atoms with Crippen LogP contribution in [0, 0.1) is 3.57 Å². The highest BCUT2D eigenvalue weighted by molar-refractivity contribution is 14.1. The summed E-state index contributed by atoms with van der Waals surface area (Å²) in [5.41, 5.74) is 6.88. The summed E-state index contributed by atoms with van der Waals surface area (Å²) in [6, 6.07) is 8.01. The van der Waals surface area contributed by atoms with Crippen LogP contribution in [0.5, 0.6) is 0 Å². The Morgan fingerprint density at radius 1 is 1.33 bits per heavy atom. The molecule has 3 N–H and O–H groups in total. The van der Waals surface area contributed by atoms with Gasteiger partial charge >= 0.3 is 0 Å². The minimum Gasteiger partial charge on any atom is -0.396 e. The second-order valence-corrected chi connectivity index (χ2v) is 3.92. The van der Waals surface area contributed by atoms with Gasteiger partial charge in [-0.15, -0.1) is 0 Å². The molecular weight excluding hydrogens is 265 g/mol. The lowest BCUT2D eigenvalue weighted by molar-refractivity contribution is 0.276. The minimum absolute atomic E-state index is 0.0352. The molecule has 0 heterocycles. The monoisotopic (exact) mass is 277 g/mol. The first-order valence-electron chi connectivity index (χ1n) is 3.86. The average molecular weight is 277 g/mol. The Morgan fingerprint density at radius 3 is 2.42 bits per heavy atom. The van der Waals surface area contributed by atoms with Gasteiger partial charge in [0.15, 0.2) is 0 Å². The molecule has 0 saturated heterocycles. The van der Waals surface area contributed by atoms with E-state index in [9.17, 15) is 0 Å². The average Bonchev–Trinajstić information content (AvgIpc) is 2.06. The molecule has 66 valence electrons. The lowest BCUT2D eigenvalue weighted by Gasteiger charge is -2.09. The van der Waals surface area contributed by atoms with E-state index in [2.05, 4.69) is 22.6 Å². The molecule has 0 radical (unpaired) electrons. The summed E-state index contributed by atoms with van der Waals surface area (Å²) in [4.78, 5) is 0. The minimum atomic E-state index is -0.0352. The lowest BCUT2D eigenvalue weighted by atomic mass is 10.1. The first-order valence-corrected chi connectivity index (χ1v) is 4.94. The number of aliphatic hydroxyl groups is 1. The highest BCUT2D eigenvalue weighted by Gasteiger charge is 2.03. The number of rotatable bonds is 3. The van der Waals surface area contributed by atoms with Crippen LogP contribution in [0.15, 0.2) is 24.3 Å². The Kier molecular flexibility index (Phi) is 3.97. The molecule has 1 rings (SSSR count). The molecule has 0 unspecified atom stereocenters. The zero-order valence-electron chi connectivity index (χ0n) is 6.70. The van der Waals surface area contributed by atoms with Crippen molar-refractivity contribution in [3.63, 3.8) is 0 Å². The molecule has 0 spiro atoms. The van der Waals surface area contributed by atoms with E-state index in [1.165, 1.54) is 3.57 Å². The zero-order valence-corrected chi connectivity index (χ0v) is 8.86. The standard InChI is InChI=1S/C9H12INO/c10-8-3-1-7(2-4-8)9(11)5-6-12/h1-4,9,12H,5-6,11H2/t9-/m1/s1. The summed E-state index contributed by atoms with van der Waals surface area (Å²) in [5, 5.41) is 8.67. The van der Waals surface area contributed by atoms with Gasteiger partial charge in [0.05, 0.1) is 0 Å². The van der Waals surface area contributed by atoms with E-state index >= 15 is 0 Å². The van der Waals surface area contributed by atoms with Crippen molar-refractivity contribution >= 4 is 22.6 Å². The maximum atomic E-state index is 8.67. The number of hydrogen-bond acceptors (Lipinski definition) is 2. The third-order valence-electron chi connectivity index (χ3n) is 1.74. The highest BCUT2D eigenvalue weighted by atomic mass is 127. The van der Waals surface area contributed by atoms with E-state index in [-0.39, 0.29) is 12.6 Å². The van der Waals surface area contributed by atoms with Crippen molar-refractivity contribution in [1.82, 2.24) is 0 Å². The van der Waals surface area contributed by atoms with Gasteiger partial charge in [0.1, 0.15) is 0 Å². The Morgan fingerprint density at radius 2 is 1.92 bits per heavy atom. The SMILES string of the molecule is N[C@H](CCO)c1ccc(I)cc1. The number of hydrogen-bond donors (Lipinski definition) is 2. The molecule has 2 nitrogen and oxygen atoms in total. The number of aliphatic hydroxyl groups excluding tert-OH is 1. The molecule has 3 heteroatoms. The van der Waals surface area contributed by atoms with Crippen LogP contribution in [-0.2, 0) is 0 Å². The van der Waals surface area contributed by atoms with Gasteiger partial charge in [-0.3, -0.25) is 0 Å². The largest absolute Gasteiger partial charge is 0.396 e. The molecule has 0 amide bonds. The van der Waals surface area contributed by atoms with Crippen molar-refractivity contribution in [2.24, 2.45) is 5.73 Å². The van der Waals surface area contributed by atoms with Crippen molar-refractivity contribution in [3.05, 3.63) is 33.4 Å². The molecule has 12 heavy (non-hydrogen) atoms. The fourth-order valence-corrected chi connectivity index (χ4v) is 1.38. The van der Waals surface area contributed by atoms with Crippen LogP contribution in [0.1, 0.15) is 18.0 Å². The van der Waals surface area contributed by atoms with Gasteiger partial charge in [0.2, 0.25) is 0 Å². The van der Waals surface area contributed by atoms with Gasteiger partial charge in [-0.25, -0.2) is 0 Å². The molecule has 0 saturated carbocycles. The predicted molar refractivity (Wildman–Crippen MR) is 57.8 cm³/mol. The fraction of sp³-hybridized carbons (Fsp3) is 0.333. The van der Waals surface area contributed by atoms with E-state index in [0.29, 0.717) is 6.42 Å². The van der Waals surface area contributed by atoms with Crippen LogP contribution < -0.4 is 5.73 Å². The quantitative estimate of drug-likeness (QED) is 0.826. The topological polar surface area (TPSA) is 46.2 Å². The third kappa shape index (κ3) is 2.73. The van der Waals surface area contributed by atoms with Gasteiger partial charge in [-0.2, -0.15) is 0 Å². The maximum absolute atomic E-state index is 8.67. The first-order chi connectivity index (χ1) is 5.74. The predicted octanol–water partition coefficient (Wildman–Crippen LogP) is 1.67. The number of halogens is 1. The molecule has 0 aliphatic heterocycles. The van der Waals surface area contributed by atoms with Crippen LogP contribution in [0.2, 0.25) is 0 Å². The summed E-state index contributed by atoms with van der Waals surface area (Å²) in [5.74, 6) is 0.